The van der Waals surface area contributed by atoms with Crippen LogP contribution in [0.4, 0.5) is 4.79 Å². The van der Waals surface area contributed by atoms with Crippen LogP contribution in [0.1, 0.15) is 56.7 Å². The monoisotopic (exact) mass is 450 g/mol. The highest BCUT2D eigenvalue weighted by Gasteiger charge is 2.28. The van der Waals surface area contributed by atoms with Crippen molar-refractivity contribution in [1.82, 2.24) is 0 Å². The topological polar surface area (TPSA) is 60.4 Å². The summed E-state index contributed by atoms with van der Waals surface area (Å²) in [6.07, 6.45) is 4.98. The maximum atomic E-state index is 8.44. The molecule has 0 spiro atoms. The van der Waals surface area contributed by atoms with E-state index in [-0.39, 0.29) is 10.9 Å². The average molecular weight is 451 g/mol. The quantitative estimate of drug-likeness (QED) is 0.377. The minimum atomic E-state index is -2.08. The highest BCUT2D eigenvalue weighted by molar-refractivity contribution is 7.97. The minimum Gasteiger partial charge on any atom is -0.565 e. The Labute approximate surface area is 195 Å². The molecule has 3 nitrogen and oxygen atoms in total. The minimum absolute atomic E-state index is 0.0512. The van der Waals surface area contributed by atoms with Gasteiger partial charge in [0.2, 0.25) is 6.16 Å². The van der Waals surface area contributed by atoms with Crippen LogP contribution in [0.25, 0.3) is 0 Å². The molecule has 32 heavy (non-hydrogen) atoms. The molecule has 3 aromatic carbocycles. The molecule has 0 amide bonds. The fourth-order valence-electron chi connectivity index (χ4n) is 3.65. The number of hydrogen-bond acceptors (Lipinski definition) is 2. The summed E-state index contributed by atoms with van der Waals surface area (Å²) in [7, 11) is -0.0512. The standard InChI is InChI=1S/C27H33S.CH2O3/c1-4-7-22-10-16-25(17-11-22)28(26-18-12-23(8-5-2)13-19-26)27-20-14-24(9-6-3)15-21-27;2-1(3)4/h10-21H,4-9H2,1-3H3;(H2,2,3,4)/q+1;/p-1. The summed E-state index contributed by atoms with van der Waals surface area (Å²) in [5.41, 5.74) is 4.31. The largest absolute Gasteiger partial charge is 0.565 e. The molecule has 0 aliphatic carbocycles. The van der Waals surface area contributed by atoms with E-state index in [1.807, 2.05) is 0 Å². The Bertz CT molecular complexity index is 810. The zero-order valence-electron chi connectivity index (χ0n) is 19.3. The SMILES string of the molecule is CCCc1ccc([S+](c2ccc(CCC)cc2)c2ccc(CCC)cc2)cc1.O=C([O-])O. The molecule has 0 aliphatic rings. The van der Waals surface area contributed by atoms with E-state index in [0.717, 1.165) is 19.3 Å². The van der Waals surface area contributed by atoms with Crippen LogP contribution in [0.2, 0.25) is 0 Å². The van der Waals surface area contributed by atoms with Gasteiger partial charge in [-0.2, -0.15) is 0 Å². The smallest absolute Gasteiger partial charge is 0.249 e. The number of carbonyl (C=O) groups is 1. The van der Waals surface area contributed by atoms with Crippen molar-refractivity contribution in [1.29, 1.82) is 0 Å². The zero-order valence-corrected chi connectivity index (χ0v) is 20.2. The van der Waals surface area contributed by atoms with Crippen LogP contribution in [0.5, 0.6) is 0 Å². The van der Waals surface area contributed by atoms with Crippen molar-refractivity contribution in [3.05, 3.63) is 89.5 Å². The highest BCUT2D eigenvalue weighted by Crippen LogP contribution is 2.32. The zero-order chi connectivity index (χ0) is 23.3. The second-order valence-corrected chi connectivity index (χ2v) is 9.78. The molecule has 0 saturated carbocycles. The Hall–Kier alpha value is -2.72. The number of aryl methyl sites for hydroxylation is 3. The number of hydrogen-bond donors (Lipinski definition) is 1. The van der Waals surface area contributed by atoms with Crippen LogP contribution in [0, 0.1) is 0 Å². The normalized spacial score (nSPS) is 10.5. The molecule has 0 fully saturated rings. The van der Waals surface area contributed by atoms with Gasteiger partial charge < -0.3 is 15.0 Å². The van der Waals surface area contributed by atoms with Crippen molar-refractivity contribution >= 4 is 17.1 Å². The third kappa shape index (κ3) is 8.08. The molecule has 170 valence electrons. The molecule has 0 radical (unpaired) electrons. The van der Waals surface area contributed by atoms with E-state index in [1.165, 1.54) is 50.6 Å². The summed E-state index contributed by atoms with van der Waals surface area (Å²) in [6, 6.07) is 27.9. The molecule has 0 bridgehead atoms. The summed E-state index contributed by atoms with van der Waals surface area (Å²) in [5, 5.41) is 15.3. The van der Waals surface area contributed by atoms with Gasteiger partial charge in [0, 0.05) is 0 Å². The van der Waals surface area contributed by atoms with Crippen LogP contribution in [-0.4, -0.2) is 11.3 Å². The van der Waals surface area contributed by atoms with E-state index >= 15 is 0 Å². The Kier molecular flexibility index (Phi) is 10.9. The molecule has 0 saturated heterocycles. The summed E-state index contributed by atoms with van der Waals surface area (Å²) in [4.78, 5) is 12.7. The molecule has 0 heterocycles. The number of carboxylic acid groups (broad SMARTS) is 2. The molecular formula is C28H34O3S. The van der Waals surface area contributed by atoms with E-state index in [2.05, 4.69) is 93.6 Å². The summed E-state index contributed by atoms with van der Waals surface area (Å²) in [6.45, 7) is 6.73. The van der Waals surface area contributed by atoms with Gasteiger partial charge in [-0.1, -0.05) is 76.4 Å². The van der Waals surface area contributed by atoms with Crippen molar-refractivity contribution in [2.75, 3.05) is 0 Å². The Morgan fingerprint density at radius 1 is 0.625 bits per heavy atom. The first-order chi connectivity index (χ1) is 15.5. The first-order valence-corrected chi connectivity index (χ1v) is 12.6. The maximum Gasteiger partial charge on any atom is 0.249 e. The van der Waals surface area contributed by atoms with Crippen LogP contribution in [-0.2, 0) is 30.2 Å². The van der Waals surface area contributed by atoms with Crippen LogP contribution in [0.15, 0.2) is 87.5 Å². The third-order valence-corrected chi connectivity index (χ3v) is 7.32. The molecule has 0 aromatic heterocycles. The van der Waals surface area contributed by atoms with Crippen LogP contribution in [0.3, 0.4) is 0 Å². The van der Waals surface area contributed by atoms with Crippen LogP contribution < -0.4 is 5.11 Å². The van der Waals surface area contributed by atoms with E-state index < -0.39 is 6.16 Å². The summed E-state index contributed by atoms with van der Waals surface area (Å²) < 4.78 is 0. The molecule has 4 heteroatoms. The van der Waals surface area contributed by atoms with E-state index in [1.54, 1.807) is 0 Å². The van der Waals surface area contributed by atoms with E-state index in [9.17, 15) is 0 Å². The van der Waals surface area contributed by atoms with Gasteiger partial charge in [0.25, 0.3) is 0 Å². The van der Waals surface area contributed by atoms with Crippen molar-refractivity contribution in [3.8, 4) is 0 Å². The lowest BCUT2D eigenvalue weighted by Gasteiger charge is -2.10. The lowest BCUT2D eigenvalue weighted by atomic mass is 10.1. The lowest BCUT2D eigenvalue weighted by Crippen LogP contribution is -2.17. The summed E-state index contributed by atoms with van der Waals surface area (Å²) >= 11 is 0. The highest BCUT2D eigenvalue weighted by atomic mass is 32.2. The number of benzene rings is 3. The average Bonchev–Trinajstić information content (AvgIpc) is 2.78. The molecule has 0 atom stereocenters. The van der Waals surface area contributed by atoms with Gasteiger partial charge in [0.05, 0.1) is 10.9 Å². The van der Waals surface area contributed by atoms with Gasteiger partial charge in [-0.15, -0.1) is 0 Å². The van der Waals surface area contributed by atoms with Gasteiger partial charge in [-0.25, -0.2) is 0 Å². The molecule has 3 aromatic rings. The number of rotatable bonds is 9. The third-order valence-electron chi connectivity index (χ3n) is 5.09. The molecule has 0 aliphatic heterocycles. The van der Waals surface area contributed by atoms with Gasteiger partial charge in [0.15, 0.2) is 14.7 Å². The van der Waals surface area contributed by atoms with Gasteiger partial charge in [-0.3, -0.25) is 0 Å². The van der Waals surface area contributed by atoms with Gasteiger partial charge in [-0.05, 0) is 72.4 Å². The first kappa shape index (κ1) is 25.5. The molecule has 0 unspecified atom stereocenters. The van der Waals surface area contributed by atoms with E-state index in [0.29, 0.717) is 0 Å². The second-order valence-electron chi connectivity index (χ2n) is 7.75. The maximum absolute atomic E-state index is 8.44. The predicted octanol–water partition coefficient (Wildman–Crippen LogP) is 6.53. The lowest BCUT2D eigenvalue weighted by molar-refractivity contribution is -0.275. The van der Waals surface area contributed by atoms with Crippen molar-refractivity contribution in [2.24, 2.45) is 0 Å². The fraction of sp³-hybridized carbons (Fsp3) is 0.321. The predicted molar refractivity (Wildman–Crippen MR) is 131 cm³/mol. The fourth-order valence-corrected chi connectivity index (χ4v) is 5.69. The molecule has 3 rings (SSSR count). The van der Waals surface area contributed by atoms with Crippen LogP contribution >= 0.6 is 0 Å². The molecule has 1 N–H and O–H groups in total. The van der Waals surface area contributed by atoms with Gasteiger partial charge in [0.1, 0.15) is 0 Å². The second kappa shape index (κ2) is 13.6. The summed E-state index contributed by atoms with van der Waals surface area (Å²) in [5.74, 6) is 0. The molecular weight excluding hydrogens is 416 g/mol. The van der Waals surface area contributed by atoms with Crippen molar-refractivity contribution in [2.45, 2.75) is 74.0 Å². The Morgan fingerprint density at radius 3 is 1.03 bits per heavy atom. The Balaban J connectivity index is 0.000000837. The Morgan fingerprint density at radius 2 is 0.844 bits per heavy atom. The van der Waals surface area contributed by atoms with Gasteiger partial charge >= 0.3 is 0 Å². The first-order valence-electron chi connectivity index (χ1n) is 11.4. The van der Waals surface area contributed by atoms with Crippen molar-refractivity contribution in [3.63, 3.8) is 0 Å². The van der Waals surface area contributed by atoms with E-state index in [4.69, 9.17) is 15.0 Å². The van der Waals surface area contributed by atoms with Crippen molar-refractivity contribution < 1.29 is 15.0 Å².